The molecule has 1 atom stereocenters. The molecule has 1 amide bonds. The molecule has 2 aliphatic heterocycles. The third-order valence-corrected chi connectivity index (χ3v) is 6.93. The number of carbonyl (C=O) groups excluding carboxylic acids is 1. The summed E-state index contributed by atoms with van der Waals surface area (Å²) in [5.41, 5.74) is 0. The lowest BCUT2D eigenvalue weighted by Crippen LogP contribution is -3.15. The number of benzene rings is 1. The molecule has 144 valence electrons. The van der Waals surface area contributed by atoms with E-state index in [0.717, 1.165) is 13.1 Å². The van der Waals surface area contributed by atoms with E-state index in [0.29, 0.717) is 32.8 Å². The zero-order chi connectivity index (χ0) is 18.7. The largest absolute Gasteiger partial charge is 0.370 e. The summed E-state index contributed by atoms with van der Waals surface area (Å²) in [7, 11) is -3.62. The minimum absolute atomic E-state index is 0.0135. The lowest BCUT2D eigenvalue weighted by atomic mass is 10.1. The Morgan fingerprint density at radius 2 is 1.85 bits per heavy atom. The second-order valence-corrected chi connectivity index (χ2v) is 9.10. The van der Waals surface area contributed by atoms with Crippen molar-refractivity contribution < 1.29 is 22.8 Å². The molecule has 3 rings (SSSR count). The Balaban J connectivity index is 1.78. The van der Waals surface area contributed by atoms with Crippen molar-refractivity contribution in [3.05, 3.63) is 30.3 Å². The van der Waals surface area contributed by atoms with E-state index in [1.165, 1.54) is 9.21 Å². The number of amides is 1. The van der Waals surface area contributed by atoms with Gasteiger partial charge in [0.2, 0.25) is 10.0 Å². The normalized spacial score (nSPS) is 22.9. The molecule has 2 heterocycles. The lowest BCUT2D eigenvalue weighted by molar-refractivity contribution is -0.900. The van der Waals surface area contributed by atoms with Crippen LogP contribution in [-0.2, 0) is 19.6 Å². The number of sulfonamides is 1. The standard InChI is InChI=1S/C18H27N3O4S/c1-15(2)18-20(17(22)14-19-10-12-25-13-11-19)8-9-21(18)26(23,24)16-6-4-3-5-7-16/h3-7,15,18H,8-14H2,1-2H3/p+1. The van der Waals surface area contributed by atoms with E-state index in [9.17, 15) is 13.2 Å². The smallest absolute Gasteiger partial charge is 0.279 e. The summed E-state index contributed by atoms with van der Waals surface area (Å²) in [6, 6.07) is 8.45. The zero-order valence-electron chi connectivity index (χ0n) is 15.4. The van der Waals surface area contributed by atoms with Crippen molar-refractivity contribution in [1.29, 1.82) is 0 Å². The van der Waals surface area contributed by atoms with Gasteiger partial charge in [-0.15, -0.1) is 0 Å². The summed E-state index contributed by atoms with van der Waals surface area (Å²) in [6.07, 6.45) is -0.437. The van der Waals surface area contributed by atoms with E-state index >= 15 is 0 Å². The first-order valence-electron chi connectivity index (χ1n) is 9.19. The molecule has 1 N–H and O–H groups in total. The van der Waals surface area contributed by atoms with Crippen LogP contribution in [0.25, 0.3) is 0 Å². The number of carbonyl (C=O) groups is 1. The lowest BCUT2D eigenvalue weighted by Gasteiger charge is -2.33. The van der Waals surface area contributed by atoms with Gasteiger partial charge in [-0.1, -0.05) is 32.0 Å². The second-order valence-electron chi connectivity index (χ2n) is 7.21. The fraction of sp³-hybridized carbons (Fsp3) is 0.611. The molecule has 2 fully saturated rings. The summed E-state index contributed by atoms with van der Waals surface area (Å²) < 4.78 is 33.0. The van der Waals surface area contributed by atoms with Gasteiger partial charge in [-0.3, -0.25) is 4.79 Å². The van der Waals surface area contributed by atoms with E-state index in [4.69, 9.17) is 4.74 Å². The molecule has 2 saturated heterocycles. The van der Waals surface area contributed by atoms with Crippen LogP contribution >= 0.6 is 0 Å². The number of hydrogen-bond donors (Lipinski definition) is 1. The Kier molecular flexibility index (Phi) is 5.96. The number of morpholine rings is 1. The van der Waals surface area contributed by atoms with Crippen molar-refractivity contribution in [2.45, 2.75) is 24.9 Å². The molecule has 7 nitrogen and oxygen atoms in total. The maximum atomic E-state index is 13.1. The quantitative estimate of drug-likeness (QED) is 0.740. The molecular weight excluding hydrogens is 354 g/mol. The summed E-state index contributed by atoms with van der Waals surface area (Å²) in [4.78, 5) is 16.1. The van der Waals surface area contributed by atoms with E-state index in [-0.39, 0.29) is 16.7 Å². The van der Waals surface area contributed by atoms with Crippen molar-refractivity contribution in [2.75, 3.05) is 45.9 Å². The van der Waals surface area contributed by atoms with Crippen LogP contribution in [-0.4, -0.2) is 75.6 Å². The van der Waals surface area contributed by atoms with Gasteiger partial charge in [0.05, 0.1) is 18.1 Å². The molecular formula is C18H28N3O4S+. The van der Waals surface area contributed by atoms with Crippen molar-refractivity contribution in [1.82, 2.24) is 9.21 Å². The molecule has 8 heteroatoms. The van der Waals surface area contributed by atoms with Gasteiger partial charge in [-0.25, -0.2) is 8.42 Å². The molecule has 0 bridgehead atoms. The molecule has 2 aliphatic rings. The number of quaternary nitrogens is 1. The minimum atomic E-state index is -3.62. The first kappa shape index (κ1) is 19.3. The molecule has 0 radical (unpaired) electrons. The van der Waals surface area contributed by atoms with Gasteiger partial charge in [0.1, 0.15) is 19.3 Å². The number of hydrogen-bond acceptors (Lipinski definition) is 4. The van der Waals surface area contributed by atoms with Crippen LogP contribution in [0.5, 0.6) is 0 Å². The molecule has 1 aromatic rings. The van der Waals surface area contributed by atoms with Crippen LogP contribution in [0.15, 0.2) is 35.2 Å². The van der Waals surface area contributed by atoms with Crippen molar-refractivity contribution in [3.63, 3.8) is 0 Å². The van der Waals surface area contributed by atoms with Gasteiger partial charge < -0.3 is 14.5 Å². The second kappa shape index (κ2) is 8.04. The number of nitrogens with one attached hydrogen (secondary N) is 1. The summed E-state index contributed by atoms with van der Waals surface area (Å²) in [5, 5.41) is 0. The van der Waals surface area contributed by atoms with Gasteiger partial charge in [0, 0.05) is 13.1 Å². The molecule has 26 heavy (non-hydrogen) atoms. The van der Waals surface area contributed by atoms with Crippen LogP contribution in [0.4, 0.5) is 0 Å². The van der Waals surface area contributed by atoms with Crippen molar-refractivity contribution in [3.8, 4) is 0 Å². The molecule has 0 spiro atoms. The molecule has 1 aromatic carbocycles. The van der Waals surface area contributed by atoms with E-state index in [1.54, 1.807) is 35.2 Å². The average molecular weight is 383 g/mol. The zero-order valence-corrected chi connectivity index (χ0v) is 16.2. The highest BCUT2D eigenvalue weighted by atomic mass is 32.2. The SMILES string of the molecule is CC(C)C1N(C(=O)C[NH+]2CCOCC2)CCN1S(=O)(=O)c1ccccc1. The Labute approximate surface area is 155 Å². The van der Waals surface area contributed by atoms with E-state index in [2.05, 4.69) is 0 Å². The maximum absolute atomic E-state index is 13.1. The molecule has 0 aromatic heterocycles. The monoisotopic (exact) mass is 382 g/mol. The van der Waals surface area contributed by atoms with Crippen LogP contribution in [0, 0.1) is 5.92 Å². The topological polar surface area (TPSA) is 71.4 Å². The first-order chi connectivity index (χ1) is 12.4. The fourth-order valence-electron chi connectivity index (χ4n) is 3.73. The summed E-state index contributed by atoms with van der Waals surface area (Å²) in [6.45, 7) is 8.08. The Morgan fingerprint density at radius 3 is 2.46 bits per heavy atom. The minimum Gasteiger partial charge on any atom is -0.370 e. The van der Waals surface area contributed by atoms with Crippen molar-refractivity contribution >= 4 is 15.9 Å². The highest BCUT2D eigenvalue weighted by molar-refractivity contribution is 7.89. The van der Waals surface area contributed by atoms with Gasteiger partial charge >= 0.3 is 0 Å². The Morgan fingerprint density at radius 1 is 1.19 bits per heavy atom. The van der Waals surface area contributed by atoms with Crippen LogP contribution in [0.2, 0.25) is 0 Å². The van der Waals surface area contributed by atoms with Gasteiger partial charge in [0.15, 0.2) is 6.54 Å². The highest BCUT2D eigenvalue weighted by Crippen LogP contribution is 2.28. The van der Waals surface area contributed by atoms with Gasteiger partial charge in [-0.2, -0.15) is 4.31 Å². The van der Waals surface area contributed by atoms with Crippen LogP contribution in [0.3, 0.4) is 0 Å². The van der Waals surface area contributed by atoms with E-state index in [1.807, 2.05) is 13.8 Å². The van der Waals surface area contributed by atoms with E-state index < -0.39 is 16.2 Å². The average Bonchev–Trinajstić information content (AvgIpc) is 3.10. The predicted octanol–water partition coefficient (Wildman–Crippen LogP) is -0.583. The maximum Gasteiger partial charge on any atom is 0.279 e. The van der Waals surface area contributed by atoms with Gasteiger partial charge in [0.25, 0.3) is 5.91 Å². The number of rotatable bonds is 5. The third-order valence-electron chi connectivity index (χ3n) is 5.04. The predicted molar refractivity (Wildman–Crippen MR) is 97.1 cm³/mol. The van der Waals surface area contributed by atoms with Gasteiger partial charge in [-0.05, 0) is 18.1 Å². The number of ether oxygens (including phenoxy) is 1. The third kappa shape index (κ3) is 3.93. The van der Waals surface area contributed by atoms with Crippen LogP contribution in [0.1, 0.15) is 13.8 Å². The molecule has 1 unspecified atom stereocenters. The highest BCUT2D eigenvalue weighted by Gasteiger charge is 2.44. The first-order valence-corrected chi connectivity index (χ1v) is 10.6. The number of nitrogens with zero attached hydrogens (tertiary/aromatic N) is 2. The fourth-order valence-corrected chi connectivity index (χ4v) is 5.47. The van der Waals surface area contributed by atoms with Crippen molar-refractivity contribution in [2.24, 2.45) is 5.92 Å². The Bertz CT molecular complexity index is 717. The van der Waals surface area contributed by atoms with Crippen LogP contribution < -0.4 is 4.90 Å². The Hall–Kier alpha value is -1.48. The molecule has 0 saturated carbocycles. The summed E-state index contributed by atoms with van der Waals surface area (Å²) in [5.74, 6) is 0.0333. The molecule has 0 aliphatic carbocycles. The summed E-state index contributed by atoms with van der Waals surface area (Å²) >= 11 is 0.